The van der Waals surface area contributed by atoms with E-state index in [0.29, 0.717) is 16.9 Å². The van der Waals surface area contributed by atoms with Gasteiger partial charge < -0.3 is 24.3 Å². The van der Waals surface area contributed by atoms with Gasteiger partial charge in [0, 0.05) is 6.07 Å². The predicted molar refractivity (Wildman–Crippen MR) is 105 cm³/mol. The van der Waals surface area contributed by atoms with E-state index in [1.165, 1.54) is 24.5 Å². The highest BCUT2D eigenvalue weighted by molar-refractivity contribution is 5.82. The van der Waals surface area contributed by atoms with E-state index in [2.05, 4.69) is 5.32 Å². The lowest BCUT2D eigenvalue weighted by Gasteiger charge is -2.10. The van der Waals surface area contributed by atoms with Gasteiger partial charge in [-0.25, -0.2) is 0 Å². The molecule has 0 aliphatic rings. The number of ether oxygens (including phenoxy) is 2. The number of amides is 1. The Bertz CT molecular complexity index is 1130. The number of hydrogen-bond acceptors (Lipinski definition) is 6. The minimum atomic E-state index is -1.15. The maximum atomic E-state index is 12.7. The van der Waals surface area contributed by atoms with Gasteiger partial charge in [0.1, 0.15) is 29.9 Å². The second kappa shape index (κ2) is 8.47. The molecule has 8 heteroatoms. The van der Waals surface area contributed by atoms with Crippen molar-refractivity contribution in [3.8, 4) is 17.2 Å². The van der Waals surface area contributed by atoms with Crippen molar-refractivity contribution >= 4 is 22.8 Å². The highest BCUT2D eigenvalue weighted by Crippen LogP contribution is 2.26. The maximum Gasteiger partial charge on any atom is 0.322 e. The molecule has 0 atom stereocenters. The first-order chi connectivity index (χ1) is 13.8. The largest absolute Gasteiger partial charge is 0.484 e. The lowest BCUT2D eigenvalue weighted by atomic mass is 10.1. The minimum Gasteiger partial charge on any atom is -0.484 e. The quantitative estimate of drug-likeness (QED) is 0.630. The molecule has 0 bridgehead atoms. The molecular formula is C21H19NO7. The number of carbonyl (C=O) groups is 2. The topological polar surface area (TPSA) is 115 Å². The molecule has 2 aromatic carbocycles. The Morgan fingerprint density at radius 2 is 1.90 bits per heavy atom. The van der Waals surface area contributed by atoms with Crippen LogP contribution in [-0.4, -0.2) is 30.1 Å². The molecule has 3 rings (SSSR count). The van der Waals surface area contributed by atoms with E-state index in [4.69, 9.17) is 19.0 Å². The maximum absolute atomic E-state index is 12.7. The van der Waals surface area contributed by atoms with Crippen molar-refractivity contribution in [2.24, 2.45) is 0 Å². The summed E-state index contributed by atoms with van der Waals surface area (Å²) < 4.78 is 16.6. The number of carbonyl (C=O) groups excluding carboxylic acids is 1. The van der Waals surface area contributed by atoms with Gasteiger partial charge in [-0.05, 0) is 43.2 Å². The van der Waals surface area contributed by atoms with Crippen LogP contribution < -0.4 is 20.2 Å². The molecular weight excluding hydrogens is 378 g/mol. The van der Waals surface area contributed by atoms with Crippen LogP contribution in [0.5, 0.6) is 17.2 Å². The van der Waals surface area contributed by atoms with Gasteiger partial charge in [-0.3, -0.25) is 14.4 Å². The molecule has 0 aliphatic heterocycles. The fraction of sp³-hybridized carbons (Fsp3) is 0.190. The zero-order chi connectivity index (χ0) is 21.0. The summed E-state index contributed by atoms with van der Waals surface area (Å²) in [7, 11) is 0. The minimum absolute atomic E-state index is 0.0629. The summed E-state index contributed by atoms with van der Waals surface area (Å²) in [6.45, 7) is 2.96. The van der Waals surface area contributed by atoms with Crippen molar-refractivity contribution < 1.29 is 28.6 Å². The summed E-state index contributed by atoms with van der Waals surface area (Å²) in [5.74, 6) is -0.790. The highest BCUT2D eigenvalue weighted by Gasteiger charge is 2.12. The van der Waals surface area contributed by atoms with Gasteiger partial charge in [0.15, 0.2) is 6.61 Å². The van der Waals surface area contributed by atoms with Crippen molar-refractivity contribution in [1.29, 1.82) is 0 Å². The van der Waals surface area contributed by atoms with E-state index in [-0.39, 0.29) is 23.4 Å². The van der Waals surface area contributed by atoms with Gasteiger partial charge >= 0.3 is 5.97 Å². The van der Waals surface area contributed by atoms with E-state index in [0.717, 1.165) is 11.1 Å². The Hall–Kier alpha value is -3.81. The third kappa shape index (κ3) is 4.92. The fourth-order valence-corrected chi connectivity index (χ4v) is 2.56. The van der Waals surface area contributed by atoms with Gasteiger partial charge in [-0.15, -0.1) is 0 Å². The average molecular weight is 397 g/mol. The number of aliphatic carboxylic acids is 1. The van der Waals surface area contributed by atoms with Crippen LogP contribution in [0, 0.1) is 13.8 Å². The van der Waals surface area contributed by atoms with Crippen LogP contribution in [0.2, 0.25) is 0 Å². The summed E-state index contributed by atoms with van der Waals surface area (Å²) >= 11 is 0. The molecule has 0 aliphatic carbocycles. The number of hydrogen-bond donors (Lipinski definition) is 2. The van der Waals surface area contributed by atoms with Crippen LogP contribution in [0.15, 0.2) is 51.9 Å². The van der Waals surface area contributed by atoms with Crippen molar-refractivity contribution in [2.75, 3.05) is 13.2 Å². The molecule has 0 unspecified atom stereocenters. The smallest absolute Gasteiger partial charge is 0.322 e. The zero-order valence-electron chi connectivity index (χ0n) is 15.9. The first-order valence-corrected chi connectivity index (χ1v) is 8.75. The predicted octanol–water partition coefficient (Wildman–Crippen LogP) is 2.78. The second-order valence-corrected chi connectivity index (χ2v) is 6.42. The monoisotopic (exact) mass is 397 g/mol. The molecule has 150 valence electrons. The number of rotatable bonds is 7. The summed E-state index contributed by atoms with van der Waals surface area (Å²) in [6, 6.07) is 10.2. The Balaban J connectivity index is 1.77. The second-order valence-electron chi connectivity index (χ2n) is 6.42. The van der Waals surface area contributed by atoms with Crippen molar-refractivity contribution in [2.45, 2.75) is 13.8 Å². The SMILES string of the molecule is Cc1ccc(C)c(Oc2coc3cc(OCC(=O)NCC(=O)O)ccc3c2=O)c1. The van der Waals surface area contributed by atoms with Crippen LogP contribution in [-0.2, 0) is 9.59 Å². The number of aryl methyl sites for hydroxylation is 2. The van der Waals surface area contributed by atoms with Crippen molar-refractivity contribution in [1.82, 2.24) is 5.32 Å². The van der Waals surface area contributed by atoms with Crippen molar-refractivity contribution in [3.63, 3.8) is 0 Å². The number of carboxylic acid groups (broad SMARTS) is 1. The molecule has 0 saturated carbocycles. The van der Waals surface area contributed by atoms with Gasteiger partial charge in [-0.2, -0.15) is 0 Å². The van der Waals surface area contributed by atoms with Gasteiger partial charge in [0.05, 0.1) is 5.39 Å². The van der Waals surface area contributed by atoms with Gasteiger partial charge in [-0.1, -0.05) is 12.1 Å². The molecule has 8 nitrogen and oxygen atoms in total. The highest BCUT2D eigenvalue weighted by atomic mass is 16.5. The Labute approximate surface area is 165 Å². The summed E-state index contributed by atoms with van der Waals surface area (Å²) in [6.07, 6.45) is 1.23. The Kier molecular flexibility index (Phi) is 5.82. The lowest BCUT2D eigenvalue weighted by molar-refractivity contribution is -0.138. The number of nitrogens with one attached hydrogen (secondary N) is 1. The zero-order valence-corrected chi connectivity index (χ0v) is 15.9. The molecule has 0 saturated heterocycles. The van der Waals surface area contributed by atoms with Crippen LogP contribution in [0.4, 0.5) is 0 Å². The van der Waals surface area contributed by atoms with Crippen LogP contribution in [0.1, 0.15) is 11.1 Å². The van der Waals surface area contributed by atoms with Crippen molar-refractivity contribution in [3.05, 3.63) is 64.0 Å². The molecule has 1 heterocycles. The summed E-state index contributed by atoms with van der Waals surface area (Å²) in [5, 5.41) is 11.0. The van der Waals surface area contributed by atoms with Gasteiger partial charge in [0.2, 0.25) is 11.2 Å². The molecule has 1 amide bonds. The van der Waals surface area contributed by atoms with E-state index in [1.54, 1.807) is 0 Å². The molecule has 1 aromatic heterocycles. The fourth-order valence-electron chi connectivity index (χ4n) is 2.56. The van der Waals surface area contributed by atoms with Crippen LogP contribution >= 0.6 is 0 Å². The van der Waals surface area contributed by atoms with E-state index < -0.39 is 18.4 Å². The third-order valence-corrected chi connectivity index (χ3v) is 4.08. The Morgan fingerprint density at radius 3 is 2.66 bits per heavy atom. The first-order valence-electron chi connectivity index (χ1n) is 8.75. The lowest BCUT2D eigenvalue weighted by Crippen LogP contribution is -2.33. The standard InChI is InChI=1S/C21H19NO7/c1-12-3-4-13(2)16(7-12)29-18-10-28-17-8-14(5-6-15(17)21(18)26)27-11-19(23)22-9-20(24)25/h3-8,10H,9,11H2,1-2H3,(H,22,23)(H,24,25). The normalized spacial score (nSPS) is 10.6. The Morgan fingerprint density at radius 1 is 1.10 bits per heavy atom. The third-order valence-electron chi connectivity index (χ3n) is 4.08. The molecule has 3 aromatic rings. The average Bonchev–Trinajstić information content (AvgIpc) is 2.69. The van der Waals surface area contributed by atoms with Crippen LogP contribution in [0.3, 0.4) is 0 Å². The van der Waals surface area contributed by atoms with Crippen LogP contribution in [0.25, 0.3) is 11.0 Å². The first kappa shape index (κ1) is 19.9. The molecule has 2 N–H and O–H groups in total. The molecule has 0 fully saturated rings. The molecule has 0 spiro atoms. The van der Waals surface area contributed by atoms with E-state index in [1.807, 2.05) is 32.0 Å². The molecule has 0 radical (unpaired) electrons. The number of benzene rings is 2. The summed E-state index contributed by atoms with van der Waals surface area (Å²) in [4.78, 5) is 34.7. The molecule has 29 heavy (non-hydrogen) atoms. The van der Waals surface area contributed by atoms with E-state index in [9.17, 15) is 14.4 Å². The van der Waals surface area contributed by atoms with E-state index >= 15 is 0 Å². The number of carboxylic acids is 1. The number of fused-ring (bicyclic) bond motifs is 1. The van der Waals surface area contributed by atoms with Gasteiger partial charge in [0.25, 0.3) is 5.91 Å². The summed E-state index contributed by atoms with van der Waals surface area (Å²) in [5.41, 5.74) is 1.83.